The van der Waals surface area contributed by atoms with Gasteiger partial charge in [-0.1, -0.05) is 15.9 Å². The first-order chi connectivity index (χ1) is 13.3. The number of amides is 1. The van der Waals surface area contributed by atoms with E-state index >= 15 is 0 Å². The van der Waals surface area contributed by atoms with E-state index in [9.17, 15) is 13.2 Å². The number of halogens is 1. The van der Waals surface area contributed by atoms with Crippen LogP contribution in [0.25, 0.3) is 0 Å². The van der Waals surface area contributed by atoms with Crippen molar-refractivity contribution in [3.8, 4) is 5.75 Å². The van der Waals surface area contributed by atoms with Gasteiger partial charge in [0.05, 0.1) is 24.6 Å². The Morgan fingerprint density at radius 2 is 1.89 bits per heavy atom. The van der Waals surface area contributed by atoms with Gasteiger partial charge in [0.2, 0.25) is 0 Å². The summed E-state index contributed by atoms with van der Waals surface area (Å²) in [4.78, 5) is 20.6. The molecule has 1 amide bonds. The van der Waals surface area contributed by atoms with Gasteiger partial charge in [0.15, 0.2) is 0 Å². The molecule has 3 rings (SSSR count). The maximum Gasteiger partial charge on any atom is 0.265 e. The fourth-order valence-electron chi connectivity index (χ4n) is 2.88. The number of nitrogens with zero attached hydrogens (tertiary/aromatic N) is 3. The van der Waals surface area contributed by atoms with E-state index in [4.69, 9.17) is 4.74 Å². The Kier molecular flexibility index (Phi) is 6.21. The lowest BCUT2D eigenvalue weighted by atomic mass is 10.2. The molecule has 0 unspecified atom stereocenters. The number of sulfonamides is 1. The minimum absolute atomic E-state index is 0.0137. The van der Waals surface area contributed by atoms with Crippen molar-refractivity contribution in [3.05, 3.63) is 46.7 Å². The van der Waals surface area contributed by atoms with Gasteiger partial charge in [0.25, 0.3) is 15.9 Å². The number of ether oxygens (including phenoxy) is 1. The summed E-state index contributed by atoms with van der Waals surface area (Å²) >= 11 is 3.27. The number of aromatic nitrogens is 1. The number of pyridine rings is 1. The minimum atomic E-state index is -3.93. The minimum Gasteiger partial charge on any atom is -0.495 e. The third kappa shape index (κ3) is 4.62. The van der Waals surface area contributed by atoms with Crippen molar-refractivity contribution in [2.75, 3.05) is 45.1 Å². The predicted molar refractivity (Wildman–Crippen MR) is 109 cm³/mol. The molecule has 28 heavy (non-hydrogen) atoms. The molecule has 0 radical (unpaired) electrons. The third-order valence-electron chi connectivity index (χ3n) is 4.44. The Hall–Kier alpha value is -2.17. The number of carbonyl (C=O) groups is 1. The van der Waals surface area contributed by atoms with E-state index in [1.54, 1.807) is 17.0 Å². The largest absolute Gasteiger partial charge is 0.495 e. The number of rotatable bonds is 5. The van der Waals surface area contributed by atoms with E-state index in [-0.39, 0.29) is 22.2 Å². The molecule has 0 aliphatic carbocycles. The molecule has 0 bridgehead atoms. The first-order valence-electron chi connectivity index (χ1n) is 8.59. The van der Waals surface area contributed by atoms with Gasteiger partial charge < -0.3 is 14.5 Å². The first kappa shape index (κ1) is 20.6. The first-order valence-corrected chi connectivity index (χ1v) is 10.9. The molecule has 1 aromatic heterocycles. The van der Waals surface area contributed by atoms with Crippen LogP contribution in [-0.4, -0.2) is 69.4 Å². The van der Waals surface area contributed by atoms with Crippen LogP contribution in [0.5, 0.6) is 5.75 Å². The molecule has 0 saturated carbocycles. The maximum atomic E-state index is 12.8. The molecule has 1 saturated heterocycles. The standard InChI is InChI=1S/C18H21BrN4O4S/c1-22-5-7-23(8-6-22)18(24)13-9-15(12-20-11-13)21-28(25,26)17-10-14(19)3-4-16(17)27-2/h3-4,9-12,21H,5-8H2,1-2H3. The van der Waals surface area contributed by atoms with Gasteiger partial charge in [-0.05, 0) is 31.3 Å². The van der Waals surface area contributed by atoms with Gasteiger partial charge in [0.1, 0.15) is 10.6 Å². The number of nitrogens with one attached hydrogen (secondary N) is 1. The molecule has 10 heteroatoms. The van der Waals surface area contributed by atoms with Crippen LogP contribution < -0.4 is 9.46 Å². The van der Waals surface area contributed by atoms with Crippen LogP contribution in [0.4, 0.5) is 5.69 Å². The number of likely N-dealkylation sites (N-methyl/N-ethyl adjacent to an activating group) is 1. The molecular formula is C18H21BrN4O4S. The monoisotopic (exact) mass is 468 g/mol. The number of benzene rings is 1. The van der Waals surface area contributed by atoms with Crippen LogP contribution in [0.15, 0.2) is 46.0 Å². The molecular weight excluding hydrogens is 448 g/mol. The Morgan fingerprint density at radius 3 is 2.57 bits per heavy atom. The highest BCUT2D eigenvalue weighted by Gasteiger charge is 2.23. The SMILES string of the molecule is COc1ccc(Br)cc1S(=O)(=O)Nc1cncc(C(=O)N2CCN(C)CC2)c1. The van der Waals surface area contributed by atoms with Gasteiger partial charge in [-0.25, -0.2) is 8.42 Å². The quantitative estimate of drug-likeness (QED) is 0.721. The van der Waals surface area contributed by atoms with Crippen LogP contribution in [0.3, 0.4) is 0 Å². The molecule has 0 atom stereocenters. The van der Waals surface area contributed by atoms with Gasteiger partial charge in [-0.15, -0.1) is 0 Å². The summed E-state index contributed by atoms with van der Waals surface area (Å²) in [6.07, 6.45) is 2.81. The van der Waals surface area contributed by atoms with Crippen molar-refractivity contribution in [2.24, 2.45) is 0 Å². The number of hydrogen-bond donors (Lipinski definition) is 1. The van der Waals surface area contributed by atoms with Crippen LogP contribution in [0.1, 0.15) is 10.4 Å². The van der Waals surface area contributed by atoms with Crippen molar-refractivity contribution < 1.29 is 17.9 Å². The summed E-state index contributed by atoms with van der Waals surface area (Å²) in [5.41, 5.74) is 0.549. The summed E-state index contributed by atoms with van der Waals surface area (Å²) in [5, 5.41) is 0. The number of hydrogen-bond acceptors (Lipinski definition) is 6. The van der Waals surface area contributed by atoms with Crippen molar-refractivity contribution in [1.29, 1.82) is 0 Å². The fourth-order valence-corrected chi connectivity index (χ4v) is 4.62. The van der Waals surface area contributed by atoms with Gasteiger partial charge in [-0.2, -0.15) is 0 Å². The van der Waals surface area contributed by atoms with Crippen molar-refractivity contribution in [3.63, 3.8) is 0 Å². The highest BCUT2D eigenvalue weighted by Crippen LogP contribution is 2.29. The Bertz CT molecular complexity index is 975. The lowest BCUT2D eigenvalue weighted by Crippen LogP contribution is -2.47. The molecule has 8 nitrogen and oxygen atoms in total. The number of methoxy groups -OCH3 is 1. The third-order valence-corrected chi connectivity index (χ3v) is 6.34. The van der Waals surface area contributed by atoms with Crippen LogP contribution in [-0.2, 0) is 10.0 Å². The van der Waals surface area contributed by atoms with Gasteiger partial charge in [-0.3, -0.25) is 14.5 Å². The number of piperazine rings is 1. The second kappa shape index (κ2) is 8.46. The lowest BCUT2D eigenvalue weighted by Gasteiger charge is -2.32. The highest BCUT2D eigenvalue weighted by atomic mass is 79.9. The van der Waals surface area contributed by atoms with Crippen molar-refractivity contribution >= 4 is 37.5 Å². The van der Waals surface area contributed by atoms with Gasteiger partial charge >= 0.3 is 0 Å². The van der Waals surface area contributed by atoms with E-state index in [2.05, 4.69) is 30.5 Å². The van der Waals surface area contributed by atoms with Crippen molar-refractivity contribution in [2.45, 2.75) is 4.90 Å². The van der Waals surface area contributed by atoms with Gasteiger partial charge in [0, 0.05) is 36.8 Å². The normalized spacial score (nSPS) is 15.3. The molecule has 2 heterocycles. The summed E-state index contributed by atoms with van der Waals surface area (Å²) in [6.45, 7) is 2.85. The topological polar surface area (TPSA) is 91.8 Å². The average Bonchev–Trinajstić information content (AvgIpc) is 2.68. The Morgan fingerprint density at radius 1 is 1.18 bits per heavy atom. The summed E-state index contributed by atoms with van der Waals surface area (Å²) in [5.74, 6) is 0.0509. The maximum absolute atomic E-state index is 12.8. The molecule has 1 aliphatic rings. The molecule has 2 aromatic rings. The van der Waals surface area contributed by atoms with E-state index in [1.165, 1.54) is 31.6 Å². The summed E-state index contributed by atoms with van der Waals surface area (Å²) in [6, 6.07) is 6.20. The average molecular weight is 469 g/mol. The zero-order valence-electron chi connectivity index (χ0n) is 15.6. The van der Waals surface area contributed by atoms with Crippen LogP contribution in [0, 0.1) is 0 Å². The van der Waals surface area contributed by atoms with Crippen molar-refractivity contribution in [1.82, 2.24) is 14.8 Å². The van der Waals surface area contributed by atoms with E-state index in [1.807, 2.05) is 7.05 Å². The summed E-state index contributed by atoms with van der Waals surface area (Å²) in [7, 11) is -0.519. The Balaban J connectivity index is 1.83. The highest BCUT2D eigenvalue weighted by molar-refractivity contribution is 9.10. The molecule has 1 fully saturated rings. The molecule has 1 aromatic carbocycles. The lowest BCUT2D eigenvalue weighted by molar-refractivity contribution is 0.0663. The van der Waals surface area contributed by atoms with Crippen LogP contribution >= 0.6 is 15.9 Å². The fraction of sp³-hybridized carbons (Fsp3) is 0.333. The second-order valence-corrected chi connectivity index (χ2v) is 9.02. The molecule has 1 aliphatic heterocycles. The zero-order valence-corrected chi connectivity index (χ0v) is 18.0. The molecule has 150 valence electrons. The van der Waals surface area contributed by atoms with E-state index < -0.39 is 10.0 Å². The zero-order chi connectivity index (χ0) is 20.3. The predicted octanol–water partition coefficient (Wildman–Crippen LogP) is 2.04. The molecule has 1 N–H and O–H groups in total. The number of carbonyl (C=O) groups excluding carboxylic acids is 1. The summed E-state index contributed by atoms with van der Waals surface area (Å²) < 4.78 is 33.9. The van der Waals surface area contributed by atoms with E-state index in [0.717, 1.165) is 13.1 Å². The van der Waals surface area contributed by atoms with E-state index in [0.29, 0.717) is 23.1 Å². The molecule has 0 spiro atoms. The second-order valence-electron chi connectivity index (χ2n) is 6.46. The number of anilines is 1. The smallest absolute Gasteiger partial charge is 0.265 e. The van der Waals surface area contributed by atoms with Crippen LogP contribution in [0.2, 0.25) is 0 Å². The Labute approximate surface area is 172 Å².